The Labute approximate surface area is 156 Å². The van der Waals surface area contributed by atoms with E-state index in [2.05, 4.69) is 31.4 Å². The van der Waals surface area contributed by atoms with Crippen LogP contribution in [0.2, 0.25) is 0 Å². The van der Waals surface area contributed by atoms with E-state index in [0.717, 1.165) is 31.4 Å². The van der Waals surface area contributed by atoms with Crippen LogP contribution in [0.4, 0.5) is 5.69 Å². The number of carbonyl (C=O) groups is 2. The molecular weight excluding hydrogens is 328 g/mol. The van der Waals surface area contributed by atoms with Crippen molar-refractivity contribution in [1.82, 2.24) is 5.32 Å². The zero-order chi connectivity index (χ0) is 19.1. The van der Waals surface area contributed by atoms with Gasteiger partial charge in [-0.1, -0.05) is 33.6 Å². The minimum atomic E-state index is -0.0990. The Kier molecular flexibility index (Phi) is 7.64. The third-order valence-electron chi connectivity index (χ3n) is 5.45. The normalized spacial score (nSPS) is 19.9. The van der Waals surface area contributed by atoms with Gasteiger partial charge in [0.25, 0.3) is 5.91 Å². The van der Waals surface area contributed by atoms with Crippen molar-refractivity contribution in [3.63, 3.8) is 0 Å². The first-order valence-corrected chi connectivity index (χ1v) is 9.72. The van der Waals surface area contributed by atoms with Crippen LogP contribution in [0.25, 0.3) is 0 Å². The molecule has 5 heteroatoms. The summed E-state index contributed by atoms with van der Waals surface area (Å²) in [4.78, 5) is 24.2. The lowest BCUT2D eigenvalue weighted by Crippen LogP contribution is -2.30. The molecule has 26 heavy (non-hydrogen) atoms. The maximum atomic E-state index is 12.3. The molecule has 1 aromatic rings. The molecule has 144 valence electrons. The van der Waals surface area contributed by atoms with Gasteiger partial charge in [0.1, 0.15) is 0 Å². The molecule has 2 N–H and O–H groups in total. The van der Waals surface area contributed by atoms with Gasteiger partial charge in [-0.3, -0.25) is 9.59 Å². The molecule has 3 atom stereocenters. The fourth-order valence-corrected chi connectivity index (χ4v) is 3.42. The van der Waals surface area contributed by atoms with Gasteiger partial charge in [0.15, 0.2) is 0 Å². The number of carbonyl (C=O) groups excluding carboxylic acids is 2. The molecule has 0 bridgehead atoms. The summed E-state index contributed by atoms with van der Waals surface area (Å²) >= 11 is 0. The van der Waals surface area contributed by atoms with Gasteiger partial charge >= 0.3 is 0 Å². The third kappa shape index (κ3) is 5.56. The SMILES string of the molecule is CCC(CC)[C@H](CCNC(=O)c1ccc(NC(=O)[C@@H]2C[C@H]2C)cc1)OC. The van der Waals surface area contributed by atoms with Crippen LogP contribution in [0.1, 0.15) is 56.8 Å². The van der Waals surface area contributed by atoms with Crippen LogP contribution in [0.3, 0.4) is 0 Å². The summed E-state index contributed by atoms with van der Waals surface area (Å²) in [5.74, 6) is 1.12. The van der Waals surface area contributed by atoms with Gasteiger partial charge in [0.2, 0.25) is 5.91 Å². The van der Waals surface area contributed by atoms with Crippen molar-refractivity contribution in [2.24, 2.45) is 17.8 Å². The van der Waals surface area contributed by atoms with Crippen molar-refractivity contribution < 1.29 is 14.3 Å². The highest BCUT2D eigenvalue weighted by Crippen LogP contribution is 2.38. The molecule has 0 unspecified atom stereocenters. The van der Waals surface area contributed by atoms with Crippen molar-refractivity contribution in [3.05, 3.63) is 29.8 Å². The monoisotopic (exact) mass is 360 g/mol. The number of rotatable bonds is 10. The molecule has 1 aliphatic rings. The lowest BCUT2D eigenvalue weighted by atomic mass is 9.94. The summed E-state index contributed by atoms with van der Waals surface area (Å²) in [6.45, 7) is 7.01. The number of hydrogen-bond donors (Lipinski definition) is 2. The van der Waals surface area contributed by atoms with E-state index in [9.17, 15) is 9.59 Å². The maximum Gasteiger partial charge on any atom is 0.251 e. The molecule has 1 aliphatic carbocycles. The lowest BCUT2D eigenvalue weighted by molar-refractivity contribution is -0.117. The molecule has 0 aliphatic heterocycles. The van der Waals surface area contributed by atoms with E-state index < -0.39 is 0 Å². The standard InChI is InChI=1S/C21H32N2O3/c1-5-15(6-2)19(26-4)11-12-22-20(24)16-7-9-17(10-8-16)23-21(25)18-13-14(18)3/h7-10,14-15,18-19H,5-6,11-13H2,1-4H3,(H,22,24)(H,23,25)/t14-,18-,19+/m1/s1. The molecule has 1 fully saturated rings. The predicted molar refractivity (Wildman–Crippen MR) is 104 cm³/mol. The van der Waals surface area contributed by atoms with E-state index in [1.807, 2.05) is 0 Å². The fraction of sp³-hybridized carbons (Fsp3) is 0.619. The Morgan fingerprint density at radius 3 is 2.31 bits per heavy atom. The number of benzene rings is 1. The average molecular weight is 360 g/mol. The molecule has 0 heterocycles. The fourth-order valence-electron chi connectivity index (χ4n) is 3.42. The Morgan fingerprint density at radius 1 is 1.19 bits per heavy atom. The maximum absolute atomic E-state index is 12.3. The van der Waals surface area contributed by atoms with Crippen LogP contribution in [0.5, 0.6) is 0 Å². The minimum Gasteiger partial charge on any atom is -0.381 e. The van der Waals surface area contributed by atoms with Crippen LogP contribution >= 0.6 is 0 Å². The number of ether oxygens (including phenoxy) is 1. The van der Waals surface area contributed by atoms with E-state index in [0.29, 0.717) is 23.9 Å². The molecule has 5 nitrogen and oxygen atoms in total. The summed E-state index contributed by atoms with van der Waals surface area (Å²) < 4.78 is 5.57. The van der Waals surface area contributed by atoms with Crippen molar-refractivity contribution >= 4 is 17.5 Å². The van der Waals surface area contributed by atoms with Gasteiger partial charge in [-0.05, 0) is 48.9 Å². The second kappa shape index (κ2) is 9.72. The molecule has 1 saturated carbocycles. The highest BCUT2D eigenvalue weighted by Gasteiger charge is 2.39. The molecule has 2 amide bonds. The van der Waals surface area contributed by atoms with Gasteiger partial charge in [-0.25, -0.2) is 0 Å². The molecule has 0 radical (unpaired) electrons. The van der Waals surface area contributed by atoms with Crippen molar-refractivity contribution in [1.29, 1.82) is 0 Å². The van der Waals surface area contributed by atoms with E-state index in [-0.39, 0.29) is 23.8 Å². The average Bonchev–Trinajstić information content (AvgIpc) is 3.38. The minimum absolute atomic E-state index is 0.0710. The Morgan fingerprint density at radius 2 is 1.81 bits per heavy atom. The van der Waals surface area contributed by atoms with Gasteiger partial charge in [-0.15, -0.1) is 0 Å². The number of methoxy groups -OCH3 is 1. The summed E-state index contributed by atoms with van der Waals surface area (Å²) in [6, 6.07) is 7.05. The zero-order valence-corrected chi connectivity index (χ0v) is 16.4. The summed E-state index contributed by atoms with van der Waals surface area (Å²) in [6.07, 6.45) is 4.10. The van der Waals surface area contributed by atoms with Crippen LogP contribution in [0, 0.1) is 17.8 Å². The van der Waals surface area contributed by atoms with Crippen molar-refractivity contribution in [2.75, 3.05) is 19.0 Å². The first-order chi connectivity index (χ1) is 12.5. The van der Waals surface area contributed by atoms with E-state index in [4.69, 9.17) is 4.74 Å². The Bertz CT molecular complexity index is 596. The highest BCUT2D eigenvalue weighted by atomic mass is 16.5. The summed E-state index contributed by atoms with van der Waals surface area (Å²) in [5.41, 5.74) is 1.33. The smallest absolute Gasteiger partial charge is 0.251 e. The van der Waals surface area contributed by atoms with E-state index >= 15 is 0 Å². The zero-order valence-electron chi connectivity index (χ0n) is 16.4. The number of hydrogen-bond acceptors (Lipinski definition) is 3. The summed E-state index contributed by atoms with van der Waals surface area (Å²) in [5, 5.41) is 5.86. The van der Waals surface area contributed by atoms with Crippen molar-refractivity contribution in [3.8, 4) is 0 Å². The Hall–Kier alpha value is -1.88. The molecule has 0 saturated heterocycles. The van der Waals surface area contributed by atoms with Crippen molar-refractivity contribution in [2.45, 2.75) is 52.6 Å². The quantitative estimate of drug-likeness (QED) is 0.666. The Balaban J connectivity index is 1.79. The van der Waals surface area contributed by atoms with E-state index in [1.165, 1.54) is 0 Å². The highest BCUT2D eigenvalue weighted by molar-refractivity contribution is 5.96. The molecule has 0 aromatic heterocycles. The number of anilines is 1. The van der Waals surface area contributed by atoms with Crippen LogP contribution in [-0.4, -0.2) is 31.6 Å². The largest absolute Gasteiger partial charge is 0.381 e. The number of nitrogens with one attached hydrogen (secondary N) is 2. The predicted octanol–water partition coefficient (Wildman–Crippen LogP) is 3.85. The molecule has 2 rings (SSSR count). The van der Waals surface area contributed by atoms with Gasteiger partial charge < -0.3 is 15.4 Å². The first kappa shape index (κ1) is 20.4. The van der Waals surface area contributed by atoms with Crippen LogP contribution in [-0.2, 0) is 9.53 Å². The first-order valence-electron chi connectivity index (χ1n) is 9.72. The third-order valence-corrected chi connectivity index (χ3v) is 5.45. The van der Waals surface area contributed by atoms with E-state index in [1.54, 1.807) is 31.4 Å². The van der Waals surface area contributed by atoms with Gasteiger partial charge in [-0.2, -0.15) is 0 Å². The topological polar surface area (TPSA) is 67.4 Å². The molecular formula is C21H32N2O3. The molecule has 0 spiro atoms. The van der Waals surface area contributed by atoms with Crippen LogP contribution < -0.4 is 10.6 Å². The van der Waals surface area contributed by atoms with Gasteiger partial charge in [0.05, 0.1) is 6.10 Å². The number of amides is 2. The van der Waals surface area contributed by atoms with Gasteiger partial charge in [0, 0.05) is 30.8 Å². The molecule has 1 aromatic carbocycles. The summed E-state index contributed by atoms with van der Waals surface area (Å²) in [7, 11) is 1.74. The second-order valence-corrected chi connectivity index (χ2v) is 7.28. The lowest BCUT2D eigenvalue weighted by Gasteiger charge is -2.24. The second-order valence-electron chi connectivity index (χ2n) is 7.28. The van der Waals surface area contributed by atoms with Crippen LogP contribution in [0.15, 0.2) is 24.3 Å².